The molecule has 0 aromatic carbocycles. The molecule has 1 aliphatic heterocycles. The number of rotatable bonds is 4. The predicted octanol–water partition coefficient (Wildman–Crippen LogP) is 1.32. The summed E-state index contributed by atoms with van der Waals surface area (Å²) in [6.07, 6.45) is 5.17. The summed E-state index contributed by atoms with van der Waals surface area (Å²) in [5.74, 6) is 0.536. The second kappa shape index (κ2) is 6.72. The van der Waals surface area contributed by atoms with Crippen LogP contribution in [0.15, 0.2) is 47.4 Å². The maximum absolute atomic E-state index is 12.7. The monoisotopic (exact) mass is 353 g/mol. The van der Waals surface area contributed by atoms with Gasteiger partial charge in [0.25, 0.3) is 5.91 Å². The number of aryl methyl sites for hydroxylation is 1. The van der Waals surface area contributed by atoms with Gasteiger partial charge >= 0.3 is 0 Å². The Bertz CT molecular complexity index is 904. The summed E-state index contributed by atoms with van der Waals surface area (Å²) in [5.41, 5.74) is 1.43. The first-order valence-corrected chi connectivity index (χ1v) is 8.43. The Morgan fingerprint density at radius 1 is 1.31 bits per heavy atom. The Hall–Kier alpha value is -3.00. The van der Waals surface area contributed by atoms with E-state index in [-0.39, 0.29) is 24.3 Å². The van der Waals surface area contributed by atoms with E-state index in [1.165, 1.54) is 0 Å². The molecule has 3 aromatic rings. The highest BCUT2D eigenvalue weighted by molar-refractivity contribution is 5.93. The fourth-order valence-electron chi connectivity index (χ4n) is 3.35. The highest BCUT2D eigenvalue weighted by Gasteiger charge is 2.39. The van der Waals surface area contributed by atoms with Crippen molar-refractivity contribution < 1.29 is 14.4 Å². The van der Waals surface area contributed by atoms with E-state index in [1.54, 1.807) is 40.1 Å². The number of hydrogen-bond donors (Lipinski definition) is 1. The molecule has 4 rings (SSSR count). The summed E-state index contributed by atoms with van der Waals surface area (Å²) in [7, 11) is 1.84. The number of carbonyl (C=O) groups is 1. The van der Waals surface area contributed by atoms with Crippen LogP contribution in [0, 0.1) is 5.92 Å². The minimum absolute atomic E-state index is 0.0471. The highest BCUT2D eigenvalue weighted by atomic mass is 16.5. The van der Waals surface area contributed by atoms with E-state index in [0.717, 1.165) is 5.56 Å². The smallest absolute Gasteiger partial charge is 0.270 e. The zero-order valence-electron chi connectivity index (χ0n) is 14.3. The average molecular weight is 353 g/mol. The van der Waals surface area contributed by atoms with Crippen molar-refractivity contribution in [3.63, 3.8) is 0 Å². The van der Waals surface area contributed by atoms with E-state index in [4.69, 9.17) is 4.52 Å². The van der Waals surface area contributed by atoms with Crippen molar-refractivity contribution in [2.75, 3.05) is 19.7 Å². The summed E-state index contributed by atoms with van der Waals surface area (Å²) in [6.45, 7) is 0.847. The van der Waals surface area contributed by atoms with E-state index in [2.05, 4.69) is 15.1 Å². The molecule has 0 spiro atoms. The zero-order chi connectivity index (χ0) is 18.1. The van der Waals surface area contributed by atoms with Crippen molar-refractivity contribution in [2.24, 2.45) is 13.0 Å². The molecule has 1 N–H and O–H groups in total. The first kappa shape index (κ1) is 16.5. The average Bonchev–Trinajstić information content (AvgIpc) is 3.40. The standard InChI is InChI=1S/C18H19N5O3/c1-22-8-2-3-15(22)18(25)23-9-13(11-24)14(10-23)17-20-16(21-26-17)12-4-6-19-7-5-12/h2-8,13-14,24H,9-11H2,1H3/t13-,14+/m0/s1. The Kier molecular flexibility index (Phi) is 4.26. The third kappa shape index (κ3) is 2.88. The number of nitrogens with zero attached hydrogens (tertiary/aromatic N) is 5. The number of likely N-dealkylation sites (tertiary alicyclic amines) is 1. The van der Waals surface area contributed by atoms with Gasteiger partial charge in [0.1, 0.15) is 5.69 Å². The van der Waals surface area contributed by atoms with Crippen LogP contribution in [0.25, 0.3) is 11.4 Å². The van der Waals surface area contributed by atoms with E-state index >= 15 is 0 Å². The molecule has 0 saturated carbocycles. The molecule has 134 valence electrons. The van der Waals surface area contributed by atoms with Gasteiger partial charge in [-0.1, -0.05) is 5.16 Å². The van der Waals surface area contributed by atoms with Crippen LogP contribution < -0.4 is 0 Å². The normalized spacial score (nSPS) is 19.8. The van der Waals surface area contributed by atoms with Gasteiger partial charge < -0.3 is 19.1 Å². The Morgan fingerprint density at radius 2 is 2.12 bits per heavy atom. The Labute approximate surface area is 150 Å². The van der Waals surface area contributed by atoms with Gasteiger partial charge in [-0.25, -0.2) is 0 Å². The second-order valence-electron chi connectivity index (χ2n) is 6.46. The lowest BCUT2D eigenvalue weighted by Gasteiger charge is -2.16. The van der Waals surface area contributed by atoms with Crippen LogP contribution in [-0.2, 0) is 7.05 Å². The molecule has 1 saturated heterocycles. The van der Waals surface area contributed by atoms with E-state index in [9.17, 15) is 9.90 Å². The maximum Gasteiger partial charge on any atom is 0.270 e. The molecule has 4 heterocycles. The van der Waals surface area contributed by atoms with Crippen LogP contribution >= 0.6 is 0 Å². The Morgan fingerprint density at radius 3 is 2.81 bits per heavy atom. The van der Waals surface area contributed by atoms with Crippen LogP contribution in [0.2, 0.25) is 0 Å². The van der Waals surface area contributed by atoms with Crippen LogP contribution in [0.1, 0.15) is 22.3 Å². The summed E-state index contributed by atoms with van der Waals surface area (Å²) in [5, 5.41) is 13.8. The molecule has 1 amide bonds. The molecule has 0 bridgehead atoms. The second-order valence-corrected chi connectivity index (χ2v) is 6.46. The molecular weight excluding hydrogens is 334 g/mol. The third-order valence-corrected chi connectivity index (χ3v) is 4.82. The molecule has 8 heteroatoms. The molecular formula is C18H19N5O3. The predicted molar refractivity (Wildman–Crippen MR) is 92.2 cm³/mol. The van der Waals surface area contributed by atoms with Gasteiger partial charge in [0.2, 0.25) is 11.7 Å². The van der Waals surface area contributed by atoms with Gasteiger partial charge in [0, 0.05) is 56.8 Å². The van der Waals surface area contributed by atoms with Crippen molar-refractivity contribution in [2.45, 2.75) is 5.92 Å². The molecule has 0 aliphatic carbocycles. The van der Waals surface area contributed by atoms with Gasteiger partial charge in [-0.2, -0.15) is 4.98 Å². The van der Waals surface area contributed by atoms with Crippen molar-refractivity contribution >= 4 is 5.91 Å². The zero-order valence-corrected chi connectivity index (χ0v) is 14.3. The topological polar surface area (TPSA) is 97.3 Å². The lowest BCUT2D eigenvalue weighted by molar-refractivity contribution is 0.0771. The minimum Gasteiger partial charge on any atom is -0.396 e. The van der Waals surface area contributed by atoms with Crippen LogP contribution in [0.3, 0.4) is 0 Å². The number of aliphatic hydroxyl groups is 1. The molecule has 8 nitrogen and oxygen atoms in total. The van der Waals surface area contributed by atoms with Crippen molar-refractivity contribution in [1.29, 1.82) is 0 Å². The van der Waals surface area contributed by atoms with Gasteiger partial charge in [-0.05, 0) is 24.3 Å². The SMILES string of the molecule is Cn1cccc1C(=O)N1C[C@@H](CO)[C@H](c2nc(-c3ccncc3)no2)C1. The quantitative estimate of drug-likeness (QED) is 0.760. The first-order valence-electron chi connectivity index (χ1n) is 8.43. The van der Waals surface area contributed by atoms with Crippen molar-refractivity contribution in [3.8, 4) is 11.4 Å². The molecule has 1 fully saturated rings. The lowest BCUT2D eigenvalue weighted by atomic mass is 9.97. The molecule has 2 atom stereocenters. The van der Waals surface area contributed by atoms with Crippen molar-refractivity contribution in [3.05, 3.63) is 54.4 Å². The van der Waals surface area contributed by atoms with Gasteiger partial charge in [0.05, 0.1) is 5.92 Å². The molecule has 26 heavy (non-hydrogen) atoms. The Balaban J connectivity index is 1.56. The van der Waals surface area contributed by atoms with Gasteiger partial charge in [-0.3, -0.25) is 9.78 Å². The molecule has 1 aliphatic rings. The number of amides is 1. The number of aliphatic hydroxyl groups excluding tert-OH is 1. The van der Waals surface area contributed by atoms with Crippen molar-refractivity contribution in [1.82, 2.24) is 24.6 Å². The first-order chi connectivity index (χ1) is 12.7. The summed E-state index contributed by atoms with van der Waals surface area (Å²) in [6, 6.07) is 7.23. The summed E-state index contributed by atoms with van der Waals surface area (Å²) in [4.78, 5) is 22.9. The largest absolute Gasteiger partial charge is 0.396 e. The van der Waals surface area contributed by atoms with E-state index < -0.39 is 0 Å². The molecule has 0 radical (unpaired) electrons. The third-order valence-electron chi connectivity index (χ3n) is 4.82. The number of pyridine rings is 1. The highest BCUT2D eigenvalue weighted by Crippen LogP contribution is 2.33. The van der Waals surface area contributed by atoms with E-state index in [0.29, 0.717) is 30.5 Å². The van der Waals surface area contributed by atoms with E-state index in [1.807, 2.05) is 19.3 Å². The summed E-state index contributed by atoms with van der Waals surface area (Å²) >= 11 is 0. The van der Waals surface area contributed by atoms with Crippen LogP contribution in [-0.4, -0.2) is 55.3 Å². The molecule has 3 aromatic heterocycles. The summed E-state index contributed by atoms with van der Waals surface area (Å²) < 4.78 is 7.23. The number of hydrogen-bond acceptors (Lipinski definition) is 6. The fourth-order valence-corrected chi connectivity index (χ4v) is 3.35. The van der Waals surface area contributed by atoms with Crippen LogP contribution in [0.5, 0.6) is 0 Å². The lowest BCUT2D eigenvalue weighted by Crippen LogP contribution is -2.30. The molecule has 0 unspecified atom stereocenters. The number of carbonyl (C=O) groups excluding carboxylic acids is 1. The van der Waals surface area contributed by atoms with Gasteiger partial charge in [0.15, 0.2) is 0 Å². The minimum atomic E-state index is -0.188. The van der Waals surface area contributed by atoms with Crippen LogP contribution in [0.4, 0.5) is 0 Å². The van der Waals surface area contributed by atoms with Gasteiger partial charge in [-0.15, -0.1) is 0 Å². The number of aromatic nitrogens is 4. The fraction of sp³-hybridized carbons (Fsp3) is 0.333. The maximum atomic E-state index is 12.7.